The first-order chi connectivity index (χ1) is 9.64. The fourth-order valence-electron chi connectivity index (χ4n) is 2.69. The summed E-state index contributed by atoms with van der Waals surface area (Å²) in [5, 5.41) is 3.07. The van der Waals surface area contributed by atoms with Gasteiger partial charge in [0.2, 0.25) is 10.0 Å². The third-order valence-electron chi connectivity index (χ3n) is 4.90. The lowest BCUT2D eigenvalue weighted by Gasteiger charge is -2.12. The van der Waals surface area contributed by atoms with E-state index < -0.39 is 10.0 Å². The van der Waals surface area contributed by atoms with Crippen LogP contribution in [-0.4, -0.2) is 26.0 Å². The van der Waals surface area contributed by atoms with Gasteiger partial charge in [-0.1, -0.05) is 34.6 Å². The summed E-state index contributed by atoms with van der Waals surface area (Å²) in [4.78, 5) is 4.37. The van der Waals surface area contributed by atoms with Gasteiger partial charge in [-0.05, 0) is 29.4 Å². The molecule has 0 saturated heterocycles. The number of nitrogens with one attached hydrogen (secondary N) is 2. The van der Waals surface area contributed by atoms with Crippen molar-refractivity contribution in [3.8, 4) is 0 Å². The molecule has 0 aliphatic heterocycles. The second kappa shape index (κ2) is 5.25. The van der Waals surface area contributed by atoms with E-state index in [1.165, 1.54) is 0 Å². The monoisotopic (exact) mass is 311 g/mol. The molecule has 2 N–H and O–H groups in total. The van der Waals surface area contributed by atoms with Gasteiger partial charge in [-0.15, -0.1) is 0 Å². The number of sulfonamides is 1. The molecule has 21 heavy (non-hydrogen) atoms. The molecule has 1 saturated carbocycles. The van der Waals surface area contributed by atoms with Crippen molar-refractivity contribution in [2.75, 3.05) is 11.9 Å². The Morgan fingerprint density at radius 1 is 1.24 bits per heavy atom. The molecule has 0 amide bonds. The highest BCUT2D eigenvalue weighted by Gasteiger charge is 2.66. The lowest BCUT2D eigenvalue weighted by atomic mass is 10.0. The minimum absolute atomic E-state index is 0.0424. The quantitative estimate of drug-likeness (QED) is 0.847. The van der Waals surface area contributed by atoms with Crippen molar-refractivity contribution >= 4 is 15.8 Å². The molecule has 1 aliphatic carbocycles. The molecule has 0 spiro atoms. The van der Waals surface area contributed by atoms with Crippen LogP contribution >= 0.6 is 0 Å². The van der Waals surface area contributed by atoms with E-state index in [0.717, 1.165) is 6.42 Å². The Bertz CT molecular complexity index is 610. The molecule has 0 atom stereocenters. The zero-order valence-electron chi connectivity index (χ0n) is 13.4. The van der Waals surface area contributed by atoms with Gasteiger partial charge < -0.3 is 5.32 Å². The predicted octanol–water partition coefficient (Wildman–Crippen LogP) is 2.62. The number of aromatic nitrogens is 1. The number of rotatable bonds is 6. The third kappa shape index (κ3) is 2.79. The summed E-state index contributed by atoms with van der Waals surface area (Å²) < 4.78 is 28.1. The van der Waals surface area contributed by atoms with Gasteiger partial charge in [0.25, 0.3) is 0 Å². The van der Waals surface area contributed by atoms with Crippen LogP contribution in [0.4, 0.5) is 5.82 Å². The van der Waals surface area contributed by atoms with Crippen LogP contribution in [-0.2, 0) is 10.0 Å². The first kappa shape index (κ1) is 16.2. The summed E-state index contributed by atoms with van der Waals surface area (Å²) in [7, 11) is -3.58. The minimum Gasteiger partial charge on any atom is -0.369 e. The highest BCUT2D eigenvalue weighted by atomic mass is 32.2. The minimum atomic E-state index is -3.58. The fourth-order valence-corrected chi connectivity index (χ4v) is 4.36. The van der Waals surface area contributed by atoms with E-state index >= 15 is 0 Å². The Morgan fingerprint density at radius 3 is 2.38 bits per heavy atom. The Balaban J connectivity index is 2.25. The molecule has 1 aromatic heterocycles. The smallest absolute Gasteiger partial charge is 0.244 e. The summed E-state index contributed by atoms with van der Waals surface area (Å²) in [5.74, 6) is 0.420. The molecular weight excluding hydrogens is 286 g/mol. The molecule has 0 aromatic carbocycles. The molecule has 0 bridgehead atoms. The van der Waals surface area contributed by atoms with Crippen molar-refractivity contribution in [2.45, 2.75) is 52.0 Å². The summed E-state index contributed by atoms with van der Waals surface area (Å²) in [6.07, 6.45) is 2.51. The van der Waals surface area contributed by atoms with Crippen molar-refractivity contribution in [1.82, 2.24) is 9.71 Å². The lowest BCUT2D eigenvalue weighted by Crippen LogP contribution is -2.30. The second-order valence-electron chi connectivity index (χ2n) is 6.77. The average molecular weight is 311 g/mol. The molecule has 2 rings (SSSR count). The third-order valence-corrected chi connectivity index (χ3v) is 6.35. The van der Waals surface area contributed by atoms with Crippen molar-refractivity contribution in [1.29, 1.82) is 0 Å². The zero-order chi connectivity index (χ0) is 15.9. The molecule has 5 nitrogen and oxygen atoms in total. The molecule has 6 heteroatoms. The van der Waals surface area contributed by atoms with Gasteiger partial charge >= 0.3 is 0 Å². The van der Waals surface area contributed by atoms with Gasteiger partial charge in [0.15, 0.2) is 0 Å². The molecule has 118 valence electrons. The number of nitrogens with zero attached hydrogens (tertiary/aromatic N) is 1. The number of hydrogen-bond acceptors (Lipinski definition) is 4. The second-order valence-corrected chi connectivity index (χ2v) is 8.46. The van der Waals surface area contributed by atoms with Gasteiger partial charge in [-0.3, -0.25) is 0 Å². The van der Waals surface area contributed by atoms with Crippen molar-refractivity contribution in [3.63, 3.8) is 0 Å². The van der Waals surface area contributed by atoms with Gasteiger partial charge in [0, 0.05) is 18.8 Å². The highest BCUT2D eigenvalue weighted by Crippen LogP contribution is 2.63. The average Bonchev–Trinajstić information content (AvgIpc) is 2.78. The molecule has 1 heterocycles. The van der Waals surface area contributed by atoms with Crippen LogP contribution in [0.2, 0.25) is 0 Å². The summed E-state index contributed by atoms with van der Waals surface area (Å²) >= 11 is 0. The predicted molar refractivity (Wildman–Crippen MR) is 84.7 cm³/mol. The fraction of sp³-hybridized carbons (Fsp3) is 0.667. The molecule has 1 aliphatic rings. The number of pyridine rings is 1. The van der Waals surface area contributed by atoms with Crippen LogP contribution in [0.3, 0.4) is 0 Å². The Labute approximate surface area is 127 Å². The molecule has 1 fully saturated rings. The van der Waals surface area contributed by atoms with Crippen LogP contribution < -0.4 is 10.0 Å². The Hall–Kier alpha value is -1.14. The normalized spacial score (nSPS) is 20.2. The lowest BCUT2D eigenvalue weighted by molar-refractivity contribution is 0.457. The topological polar surface area (TPSA) is 71.1 Å². The van der Waals surface area contributed by atoms with E-state index in [0.29, 0.717) is 12.4 Å². The van der Waals surface area contributed by atoms with E-state index in [1.807, 2.05) is 6.92 Å². The van der Waals surface area contributed by atoms with Crippen molar-refractivity contribution < 1.29 is 8.42 Å². The van der Waals surface area contributed by atoms with E-state index in [2.05, 4.69) is 42.7 Å². The number of hydrogen-bond donors (Lipinski definition) is 2. The van der Waals surface area contributed by atoms with Crippen molar-refractivity contribution in [3.05, 3.63) is 18.3 Å². The van der Waals surface area contributed by atoms with E-state index in [9.17, 15) is 8.42 Å². The summed E-state index contributed by atoms with van der Waals surface area (Å²) in [6, 6.07) is 3.18. The molecular formula is C15H25N3O2S. The van der Waals surface area contributed by atoms with Crippen LogP contribution in [0.1, 0.15) is 41.0 Å². The first-order valence-electron chi connectivity index (χ1n) is 7.36. The molecule has 1 aromatic rings. The molecule has 0 radical (unpaired) electrons. The first-order valence-corrected chi connectivity index (χ1v) is 8.84. The van der Waals surface area contributed by atoms with Gasteiger partial charge in [0.1, 0.15) is 10.7 Å². The van der Waals surface area contributed by atoms with E-state index in [1.54, 1.807) is 18.3 Å². The summed E-state index contributed by atoms with van der Waals surface area (Å²) in [6.45, 7) is 11.1. The summed E-state index contributed by atoms with van der Waals surface area (Å²) in [5.41, 5.74) is -0.0847. The van der Waals surface area contributed by atoms with Crippen molar-refractivity contribution in [2.24, 2.45) is 10.8 Å². The Morgan fingerprint density at radius 2 is 1.86 bits per heavy atom. The van der Waals surface area contributed by atoms with Gasteiger partial charge in [0.05, 0.1) is 0 Å². The van der Waals surface area contributed by atoms with E-state index in [4.69, 9.17) is 0 Å². The van der Waals surface area contributed by atoms with Crippen LogP contribution in [0, 0.1) is 10.8 Å². The SMILES string of the molecule is CCCNc1ncccc1S(=O)(=O)NC1C(C)(C)C1(C)C. The zero-order valence-corrected chi connectivity index (χ0v) is 14.2. The van der Waals surface area contributed by atoms with E-state index in [-0.39, 0.29) is 21.8 Å². The maximum atomic E-state index is 12.7. The highest BCUT2D eigenvalue weighted by molar-refractivity contribution is 7.89. The van der Waals surface area contributed by atoms with Crippen LogP contribution in [0.25, 0.3) is 0 Å². The van der Waals surface area contributed by atoms with Gasteiger partial charge in [-0.2, -0.15) is 0 Å². The maximum absolute atomic E-state index is 12.7. The molecule has 0 unspecified atom stereocenters. The Kier molecular flexibility index (Phi) is 4.06. The van der Waals surface area contributed by atoms with Gasteiger partial charge in [-0.25, -0.2) is 18.1 Å². The maximum Gasteiger partial charge on any atom is 0.244 e. The van der Waals surface area contributed by atoms with Crippen LogP contribution in [0.15, 0.2) is 23.2 Å². The van der Waals surface area contributed by atoms with Crippen LogP contribution in [0.5, 0.6) is 0 Å². The largest absolute Gasteiger partial charge is 0.369 e. The number of anilines is 1. The standard InChI is InChI=1S/C15H25N3O2S/c1-6-9-16-12-11(8-7-10-17-12)21(19,20)18-13-14(2,3)15(13,4)5/h7-8,10,13,18H,6,9H2,1-5H3,(H,16,17).